The lowest BCUT2D eigenvalue weighted by Crippen LogP contribution is -2.06. The quantitative estimate of drug-likeness (QED) is 0.0308. The van der Waals surface area contributed by atoms with Gasteiger partial charge in [-0.25, -0.2) is 0 Å². The van der Waals surface area contributed by atoms with E-state index >= 15 is 0 Å². The van der Waals surface area contributed by atoms with E-state index in [2.05, 4.69) is 25.3 Å². The highest BCUT2D eigenvalue weighted by atomic mass is 33.1. The van der Waals surface area contributed by atoms with Gasteiger partial charge in [-0.15, -0.1) is 0 Å². The molecule has 3 unspecified atom stereocenters. The van der Waals surface area contributed by atoms with Crippen molar-refractivity contribution in [2.45, 2.75) is 113 Å². The van der Waals surface area contributed by atoms with Crippen LogP contribution in [0.3, 0.4) is 0 Å². The number of aliphatic carboxylic acids is 3. The Balaban J connectivity index is 4.21. The first kappa shape index (κ1) is 38.5. The van der Waals surface area contributed by atoms with Crippen LogP contribution in [0.1, 0.15) is 103 Å². The maximum atomic E-state index is 10.8. The highest BCUT2D eigenvalue weighted by molar-refractivity contribution is 8.77. The van der Waals surface area contributed by atoms with Crippen LogP contribution in [0.5, 0.6) is 0 Å². The number of hydrogen-bond donors (Lipinski definition) is 5. The van der Waals surface area contributed by atoms with Crippen LogP contribution in [0.25, 0.3) is 0 Å². The van der Waals surface area contributed by atoms with E-state index in [1.165, 1.54) is 0 Å². The number of carboxylic acid groups (broad SMARTS) is 3. The normalized spacial score (nSPS) is 13.7. The Morgan fingerprint density at radius 1 is 0.579 bits per heavy atom. The number of unbranched alkanes of at least 4 members (excludes halogenated alkanes) is 3. The summed E-state index contributed by atoms with van der Waals surface area (Å²) in [5.74, 6) is 2.48. The first-order valence-corrected chi connectivity index (χ1v) is 19.7. The monoisotopic (exact) mass is 648 g/mol. The summed E-state index contributed by atoms with van der Waals surface area (Å²) in [6.45, 7) is 0. The summed E-state index contributed by atoms with van der Waals surface area (Å²) in [4.78, 5) is 32.1. The molecule has 0 amide bonds. The number of hydrogen-bond acceptors (Lipinski definition) is 9. The minimum absolute atomic E-state index is 0.240. The van der Waals surface area contributed by atoms with Crippen LogP contribution in [0.2, 0.25) is 0 Å². The highest BCUT2D eigenvalue weighted by Gasteiger charge is 2.13. The molecule has 0 aliphatic heterocycles. The summed E-state index contributed by atoms with van der Waals surface area (Å²) in [5.41, 5.74) is 0. The number of carboxylic acids is 3. The number of thiol groups is 2. The van der Waals surface area contributed by atoms with Crippen LogP contribution >= 0.6 is 68.4 Å². The van der Waals surface area contributed by atoms with Crippen LogP contribution in [0, 0.1) is 5.92 Å². The molecule has 38 heavy (non-hydrogen) atoms. The van der Waals surface area contributed by atoms with Crippen molar-refractivity contribution < 1.29 is 29.7 Å². The molecule has 0 rings (SSSR count). The highest BCUT2D eigenvalue weighted by Crippen LogP contribution is 2.36. The standard InChI is InChI=1S/C26H48O6S6/c27-24(28)10-4-1-7-21(13-17-33)14-18-37-38-23(9-3-6-12-26(31)32)16-20-36-35-19-15-22(34)8-2-5-11-25(29)30/h21-23,33-34H,1-20H2,(H,27,28)(H,29,30)(H,31,32). The maximum Gasteiger partial charge on any atom is 0.303 e. The zero-order chi connectivity index (χ0) is 28.4. The molecule has 224 valence electrons. The minimum Gasteiger partial charge on any atom is -0.481 e. The van der Waals surface area contributed by atoms with E-state index in [0.717, 1.165) is 106 Å². The smallest absolute Gasteiger partial charge is 0.303 e. The molecule has 0 radical (unpaired) electrons. The first-order valence-electron chi connectivity index (χ1n) is 13.7. The Kier molecular flexibility index (Phi) is 28.0. The largest absolute Gasteiger partial charge is 0.481 e. The van der Waals surface area contributed by atoms with Crippen LogP contribution < -0.4 is 0 Å². The van der Waals surface area contributed by atoms with Crippen LogP contribution in [-0.2, 0) is 14.4 Å². The zero-order valence-electron chi connectivity index (χ0n) is 22.5. The van der Waals surface area contributed by atoms with E-state index in [1.54, 1.807) is 0 Å². The van der Waals surface area contributed by atoms with Gasteiger partial charge in [-0.3, -0.25) is 14.4 Å². The molecule has 0 spiro atoms. The van der Waals surface area contributed by atoms with Crippen molar-refractivity contribution in [2.24, 2.45) is 5.92 Å². The van der Waals surface area contributed by atoms with E-state index < -0.39 is 17.9 Å². The summed E-state index contributed by atoms with van der Waals surface area (Å²) in [6.07, 6.45) is 13.2. The van der Waals surface area contributed by atoms with Gasteiger partial charge in [0.2, 0.25) is 0 Å². The van der Waals surface area contributed by atoms with E-state index in [4.69, 9.17) is 15.3 Å². The summed E-state index contributed by atoms with van der Waals surface area (Å²) < 4.78 is 0. The molecule has 0 aromatic rings. The molecule has 0 saturated heterocycles. The lowest BCUT2D eigenvalue weighted by Gasteiger charge is -2.18. The van der Waals surface area contributed by atoms with Crippen LogP contribution in [-0.4, -0.2) is 66.7 Å². The van der Waals surface area contributed by atoms with Gasteiger partial charge in [-0.1, -0.05) is 68.9 Å². The van der Waals surface area contributed by atoms with Gasteiger partial charge in [0.25, 0.3) is 0 Å². The molecule has 0 bridgehead atoms. The molecule has 0 heterocycles. The zero-order valence-corrected chi connectivity index (χ0v) is 27.5. The predicted molar refractivity (Wildman–Crippen MR) is 176 cm³/mol. The van der Waals surface area contributed by atoms with E-state index in [1.807, 2.05) is 43.2 Å². The maximum absolute atomic E-state index is 10.8. The SMILES string of the molecule is O=C(O)CCCCC(S)CCSSCCC(CCCCC(=O)O)SSCCC(CCS)CCCCC(=O)O. The average Bonchev–Trinajstić information content (AvgIpc) is 2.85. The molecule has 0 aromatic carbocycles. The van der Waals surface area contributed by atoms with Gasteiger partial charge in [-0.05, 0) is 69.5 Å². The Hall–Kier alpha value is 0.510. The van der Waals surface area contributed by atoms with Crippen molar-refractivity contribution in [2.75, 3.05) is 23.0 Å². The fourth-order valence-electron chi connectivity index (χ4n) is 3.85. The molecule has 0 aromatic heterocycles. The Labute approximate surface area is 256 Å². The van der Waals surface area contributed by atoms with Gasteiger partial charge < -0.3 is 15.3 Å². The average molecular weight is 649 g/mol. The van der Waals surface area contributed by atoms with Crippen molar-refractivity contribution in [3.63, 3.8) is 0 Å². The topological polar surface area (TPSA) is 112 Å². The van der Waals surface area contributed by atoms with Gasteiger partial charge in [0.05, 0.1) is 0 Å². The van der Waals surface area contributed by atoms with Gasteiger partial charge in [0.15, 0.2) is 0 Å². The molecule has 0 fully saturated rings. The molecule has 0 aliphatic carbocycles. The number of rotatable bonds is 29. The van der Waals surface area contributed by atoms with Gasteiger partial charge >= 0.3 is 17.9 Å². The van der Waals surface area contributed by atoms with Crippen molar-refractivity contribution in [3.05, 3.63) is 0 Å². The summed E-state index contributed by atoms with van der Waals surface area (Å²) in [7, 11) is 7.66. The lowest BCUT2D eigenvalue weighted by molar-refractivity contribution is -0.138. The summed E-state index contributed by atoms with van der Waals surface area (Å²) in [5, 5.41) is 27.3. The van der Waals surface area contributed by atoms with Gasteiger partial charge in [0.1, 0.15) is 0 Å². The Bertz CT molecular complexity index is 613. The molecular formula is C26H48O6S6. The Morgan fingerprint density at radius 2 is 1.08 bits per heavy atom. The van der Waals surface area contributed by atoms with Crippen LogP contribution in [0.15, 0.2) is 0 Å². The molecule has 0 saturated carbocycles. The van der Waals surface area contributed by atoms with Crippen molar-refractivity contribution in [1.82, 2.24) is 0 Å². The number of carbonyl (C=O) groups is 3. The van der Waals surface area contributed by atoms with Gasteiger partial charge in [-0.2, -0.15) is 25.3 Å². The lowest BCUT2D eigenvalue weighted by atomic mass is 9.96. The molecule has 3 N–H and O–H groups in total. The van der Waals surface area contributed by atoms with E-state index in [0.29, 0.717) is 16.4 Å². The third-order valence-electron chi connectivity index (χ3n) is 6.09. The second-order valence-electron chi connectivity index (χ2n) is 9.50. The van der Waals surface area contributed by atoms with Crippen molar-refractivity contribution in [1.29, 1.82) is 0 Å². The van der Waals surface area contributed by atoms with Crippen molar-refractivity contribution >= 4 is 86.3 Å². The van der Waals surface area contributed by atoms with E-state index in [9.17, 15) is 14.4 Å². The third kappa shape index (κ3) is 28.1. The molecule has 3 atom stereocenters. The van der Waals surface area contributed by atoms with Crippen molar-refractivity contribution in [3.8, 4) is 0 Å². The van der Waals surface area contributed by atoms with Gasteiger partial charge in [0, 0.05) is 47.0 Å². The fourth-order valence-corrected chi connectivity index (χ4v) is 10.1. The van der Waals surface area contributed by atoms with Crippen LogP contribution in [0.4, 0.5) is 0 Å². The second-order valence-corrected chi connectivity index (χ2v) is 16.2. The molecular weight excluding hydrogens is 601 g/mol. The molecule has 6 nitrogen and oxygen atoms in total. The first-order chi connectivity index (χ1) is 18.2. The minimum atomic E-state index is -0.730. The Morgan fingerprint density at radius 3 is 1.63 bits per heavy atom. The van der Waals surface area contributed by atoms with E-state index in [-0.39, 0.29) is 19.3 Å². The fraction of sp³-hybridized carbons (Fsp3) is 0.885. The molecule has 12 heteroatoms. The summed E-state index contributed by atoms with van der Waals surface area (Å²) >= 11 is 9.04. The predicted octanol–water partition coefficient (Wildman–Crippen LogP) is 8.46. The molecule has 0 aliphatic rings. The summed E-state index contributed by atoms with van der Waals surface area (Å²) in [6, 6.07) is 0. The third-order valence-corrected chi connectivity index (χ3v) is 12.3. The second kappa shape index (κ2) is 27.7.